The third-order valence-electron chi connectivity index (χ3n) is 5.29. The second-order valence-electron chi connectivity index (χ2n) is 7.42. The molecular formula is C22H21F2N3O2. The van der Waals surface area contributed by atoms with Gasteiger partial charge in [0.1, 0.15) is 0 Å². The Morgan fingerprint density at radius 2 is 2.03 bits per heavy atom. The first-order valence-corrected chi connectivity index (χ1v) is 9.64. The number of rotatable bonds is 4. The van der Waals surface area contributed by atoms with Gasteiger partial charge in [0, 0.05) is 30.6 Å². The van der Waals surface area contributed by atoms with Crippen LogP contribution in [0.5, 0.6) is 0 Å². The zero-order valence-electron chi connectivity index (χ0n) is 16.1. The number of carbonyl (C=O) groups excluding carboxylic acids is 1. The van der Waals surface area contributed by atoms with Gasteiger partial charge in [-0.15, -0.1) is 0 Å². The van der Waals surface area contributed by atoms with E-state index in [-0.39, 0.29) is 17.4 Å². The summed E-state index contributed by atoms with van der Waals surface area (Å²) < 4.78 is 32.0. The smallest absolute Gasteiger partial charge is 0.253 e. The number of halogens is 2. The van der Waals surface area contributed by atoms with E-state index in [1.165, 1.54) is 6.07 Å². The molecule has 0 spiro atoms. The van der Waals surface area contributed by atoms with Crippen LogP contribution in [0.15, 0.2) is 47.0 Å². The summed E-state index contributed by atoms with van der Waals surface area (Å²) in [6.07, 6.45) is 2.34. The summed E-state index contributed by atoms with van der Waals surface area (Å²) in [5.41, 5.74) is 2.16. The SMILES string of the molecule is Cc1ccccc1-c1noc(CC2CCCN(C(=O)c3ccc(F)c(F)c3)C2)n1. The Bertz CT molecular complexity index is 1030. The Labute approximate surface area is 167 Å². The van der Waals surface area contributed by atoms with Crippen molar-refractivity contribution in [1.29, 1.82) is 0 Å². The number of likely N-dealkylation sites (tertiary alicyclic amines) is 1. The van der Waals surface area contributed by atoms with Crippen LogP contribution in [0, 0.1) is 24.5 Å². The lowest BCUT2D eigenvalue weighted by Gasteiger charge is -2.32. The van der Waals surface area contributed by atoms with Gasteiger partial charge in [-0.25, -0.2) is 8.78 Å². The van der Waals surface area contributed by atoms with E-state index in [1.54, 1.807) is 4.90 Å². The number of hydrogen-bond donors (Lipinski definition) is 0. The second kappa shape index (κ2) is 8.11. The minimum absolute atomic E-state index is 0.157. The van der Waals surface area contributed by atoms with Crippen molar-refractivity contribution in [2.45, 2.75) is 26.2 Å². The predicted molar refractivity (Wildman–Crippen MR) is 103 cm³/mol. The summed E-state index contributed by atoms with van der Waals surface area (Å²) in [6.45, 7) is 3.10. The number of nitrogens with zero attached hydrogens (tertiary/aromatic N) is 3. The van der Waals surface area contributed by atoms with E-state index in [0.29, 0.717) is 31.2 Å². The summed E-state index contributed by atoms with van der Waals surface area (Å²) in [5.74, 6) is -1.00. The molecule has 3 aromatic rings. The van der Waals surface area contributed by atoms with Crippen molar-refractivity contribution in [1.82, 2.24) is 15.0 Å². The molecule has 1 unspecified atom stereocenters. The Morgan fingerprint density at radius 3 is 2.83 bits per heavy atom. The number of carbonyl (C=O) groups is 1. The number of benzene rings is 2. The first-order valence-electron chi connectivity index (χ1n) is 9.64. The topological polar surface area (TPSA) is 59.2 Å². The molecule has 0 aliphatic carbocycles. The second-order valence-corrected chi connectivity index (χ2v) is 7.42. The van der Waals surface area contributed by atoms with Gasteiger partial charge >= 0.3 is 0 Å². The monoisotopic (exact) mass is 397 g/mol. The molecule has 1 saturated heterocycles. The van der Waals surface area contributed by atoms with Crippen LogP contribution in [0.4, 0.5) is 8.78 Å². The molecule has 2 aromatic carbocycles. The summed E-state index contributed by atoms with van der Waals surface area (Å²) in [6, 6.07) is 11.1. The van der Waals surface area contributed by atoms with E-state index in [4.69, 9.17) is 4.52 Å². The molecule has 0 N–H and O–H groups in total. The van der Waals surface area contributed by atoms with Crippen LogP contribution in [-0.2, 0) is 6.42 Å². The van der Waals surface area contributed by atoms with Crippen molar-refractivity contribution in [2.75, 3.05) is 13.1 Å². The number of aromatic nitrogens is 2. The van der Waals surface area contributed by atoms with Crippen LogP contribution < -0.4 is 0 Å². The summed E-state index contributed by atoms with van der Waals surface area (Å²) in [4.78, 5) is 18.9. The molecule has 0 bridgehead atoms. The first kappa shape index (κ1) is 19.2. The Hall–Kier alpha value is -3.09. The van der Waals surface area contributed by atoms with Gasteiger partial charge < -0.3 is 9.42 Å². The molecule has 5 nitrogen and oxygen atoms in total. The zero-order valence-corrected chi connectivity index (χ0v) is 16.1. The largest absolute Gasteiger partial charge is 0.339 e. The lowest BCUT2D eigenvalue weighted by Crippen LogP contribution is -2.40. The summed E-state index contributed by atoms with van der Waals surface area (Å²) in [5, 5.41) is 4.09. The van der Waals surface area contributed by atoms with Crippen molar-refractivity contribution in [3.05, 3.63) is 71.1 Å². The third kappa shape index (κ3) is 4.18. The fourth-order valence-corrected chi connectivity index (χ4v) is 3.75. The molecular weight excluding hydrogens is 376 g/mol. The molecule has 0 saturated carbocycles. The van der Waals surface area contributed by atoms with Gasteiger partial charge in [-0.1, -0.05) is 29.4 Å². The van der Waals surface area contributed by atoms with E-state index >= 15 is 0 Å². The van der Waals surface area contributed by atoms with Crippen molar-refractivity contribution >= 4 is 5.91 Å². The summed E-state index contributed by atoms with van der Waals surface area (Å²) >= 11 is 0. The average Bonchev–Trinajstić information content (AvgIpc) is 3.18. The molecule has 1 fully saturated rings. The molecule has 150 valence electrons. The number of piperidine rings is 1. The fourth-order valence-electron chi connectivity index (χ4n) is 3.75. The van der Waals surface area contributed by atoms with Crippen molar-refractivity contribution in [3.8, 4) is 11.4 Å². The maximum Gasteiger partial charge on any atom is 0.253 e. The Kier molecular flexibility index (Phi) is 5.38. The van der Waals surface area contributed by atoms with Crippen LogP contribution >= 0.6 is 0 Å². The van der Waals surface area contributed by atoms with Crippen LogP contribution in [-0.4, -0.2) is 34.0 Å². The van der Waals surface area contributed by atoms with E-state index in [1.807, 2.05) is 31.2 Å². The highest BCUT2D eigenvalue weighted by molar-refractivity contribution is 5.94. The average molecular weight is 397 g/mol. The van der Waals surface area contributed by atoms with Crippen LogP contribution in [0.1, 0.15) is 34.7 Å². The molecule has 1 aliphatic heterocycles. The lowest BCUT2D eigenvalue weighted by molar-refractivity contribution is 0.0667. The Morgan fingerprint density at radius 1 is 1.21 bits per heavy atom. The molecule has 4 rings (SSSR count). The van der Waals surface area contributed by atoms with Crippen molar-refractivity contribution < 1.29 is 18.1 Å². The van der Waals surface area contributed by atoms with Crippen molar-refractivity contribution in [2.24, 2.45) is 5.92 Å². The Balaban J connectivity index is 1.43. The van der Waals surface area contributed by atoms with Crippen LogP contribution in [0.3, 0.4) is 0 Å². The third-order valence-corrected chi connectivity index (χ3v) is 5.29. The van der Waals surface area contributed by atoms with E-state index < -0.39 is 11.6 Å². The normalized spacial score (nSPS) is 16.8. The predicted octanol–water partition coefficient (Wildman–Crippen LogP) is 4.42. The molecule has 29 heavy (non-hydrogen) atoms. The van der Waals surface area contributed by atoms with Gasteiger partial charge in [-0.3, -0.25) is 4.79 Å². The number of aryl methyl sites for hydroxylation is 1. The van der Waals surface area contributed by atoms with E-state index in [0.717, 1.165) is 36.1 Å². The van der Waals surface area contributed by atoms with Gasteiger partial charge in [0.25, 0.3) is 5.91 Å². The van der Waals surface area contributed by atoms with Gasteiger partial charge in [-0.2, -0.15) is 4.98 Å². The van der Waals surface area contributed by atoms with Gasteiger partial charge in [0.05, 0.1) is 0 Å². The van der Waals surface area contributed by atoms with Crippen LogP contribution in [0.2, 0.25) is 0 Å². The highest BCUT2D eigenvalue weighted by Gasteiger charge is 2.26. The standard InChI is InChI=1S/C22H21F2N3O2/c1-14-5-2-3-7-17(14)21-25-20(29-26-21)11-15-6-4-10-27(13-15)22(28)16-8-9-18(23)19(24)12-16/h2-3,5,7-9,12,15H,4,6,10-11,13H2,1H3. The molecule has 1 aromatic heterocycles. The lowest BCUT2D eigenvalue weighted by atomic mass is 9.94. The van der Waals surface area contributed by atoms with E-state index in [2.05, 4.69) is 10.1 Å². The minimum Gasteiger partial charge on any atom is -0.339 e. The molecule has 0 radical (unpaired) electrons. The molecule has 1 amide bonds. The molecule has 2 heterocycles. The minimum atomic E-state index is -1.01. The zero-order chi connectivity index (χ0) is 20.4. The van der Waals surface area contributed by atoms with E-state index in [9.17, 15) is 13.6 Å². The highest BCUT2D eigenvalue weighted by atomic mass is 19.2. The molecule has 1 aliphatic rings. The number of hydrogen-bond acceptors (Lipinski definition) is 4. The molecule has 1 atom stereocenters. The quantitative estimate of drug-likeness (QED) is 0.654. The van der Waals surface area contributed by atoms with Crippen LogP contribution in [0.25, 0.3) is 11.4 Å². The maximum atomic E-state index is 13.5. The van der Waals surface area contributed by atoms with Crippen molar-refractivity contribution in [3.63, 3.8) is 0 Å². The highest BCUT2D eigenvalue weighted by Crippen LogP contribution is 2.24. The summed E-state index contributed by atoms with van der Waals surface area (Å²) in [7, 11) is 0. The van der Waals surface area contributed by atoms with Gasteiger partial charge in [0.2, 0.25) is 11.7 Å². The van der Waals surface area contributed by atoms with Gasteiger partial charge in [0.15, 0.2) is 11.6 Å². The number of amides is 1. The maximum absolute atomic E-state index is 13.5. The molecule has 7 heteroatoms. The fraction of sp³-hybridized carbons (Fsp3) is 0.318. The first-order chi connectivity index (χ1) is 14.0. The van der Waals surface area contributed by atoms with Gasteiger partial charge in [-0.05, 0) is 49.4 Å².